The molecular weight excluding hydrogens is 256 g/mol. The van der Waals surface area contributed by atoms with Crippen molar-refractivity contribution >= 4 is 5.91 Å². The van der Waals surface area contributed by atoms with Gasteiger partial charge in [0.1, 0.15) is 0 Å². The smallest absolute Gasteiger partial charge is 0.221 e. The molecule has 0 radical (unpaired) electrons. The summed E-state index contributed by atoms with van der Waals surface area (Å²) in [5, 5.41) is 2.86. The van der Waals surface area contributed by atoms with Crippen molar-refractivity contribution in [1.82, 2.24) is 5.32 Å². The molecule has 1 amide bonds. The Morgan fingerprint density at radius 3 is 2.45 bits per heavy atom. The lowest BCUT2D eigenvalue weighted by Gasteiger charge is -2.15. The van der Waals surface area contributed by atoms with Crippen molar-refractivity contribution in [3.8, 4) is 11.5 Å². The molecule has 0 aliphatic rings. The Bertz CT molecular complexity index is 447. The Kier molecular flexibility index (Phi) is 6.31. The third kappa shape index (κ3) is 4.74. The van der Waals surface area contributed by atoms with E-state index in [2.05, 4.69) is 5.32 Å². The molecule has 20 heavy (non-hydrogen) atoms. The van der Waals surface area contributed by atoms with Crippen molar-refractivity contribution in [3.05, 3.63) is 23.8 Å². The molecule has 1 atom stereocenters. The SMILES string of the molecule is COc1ccc(CNC(=O)CC(N)C(C)C)cc1OC. The molecule has 1 aromatic rings. The summed E-state index contributed by atoms with van der Waals surface area (Å²) in [7, 11) is 3.18. The van der Waals surface area contributed by atoms with Crippen molar-refractivity contribution in [2.24, 2.45) is 11.7 Å². The Hall–Kier alpha value is -1.75. The monoisotopic (exact) mass is 280 g/mol. The Morgan fingerprint density at radius 1 is 1.25 bits per heavy atom. The zero-order chi connectivity index (χ0) is 15.1. The van der Waals surface area contributed by atoms with Crippen LogP contribution in [-0.4, -0.2) is 26.2 Å². The average molecular weight is 280 g/mol. The van der Waals surface area contributed by atoms with Gasteiger partial charge in [0.2, 0.25) is 5.91 Å². The summed E-state index contributed by atoms with van der Waals surface area (Å²) in [6.45, 7) is 4.46. The van der Waals surface area contributed by atoms with Gasteiger partial charge in [0.15, 0.2) is 11.5 Å². The topological polar surface area (TPSA) is 73.6 Å². The first kappa shape index (κ1) is 16.3. The third-order valence-electron chi connectivity index (χ3n) is 3.22. The lowest BCUT2D eigenvalue weighted by molar-refractivity contribution is -0.121. The Balaban J connectivity index is 2.55. The molecule has 3 N–H and O–H groups in total. The van der Waals surface area contributed by atoms with Crippen LogP contribution in [0.4, 0.5) is 0 Å². The van der Waals surface area contributed by atoms with E-state index < -0.39 is 0 Å². The van der Waals surface area contributed by atoms with Gasteiger partial charge in [-0.05, 0) is 23.6 Å². The molecule has 5 heteroatoms. The molecule has 0 aliphatic heterocycles. The summed E-state index contributed by atoms with van der Waals surface area (Å²) in [6.07, 6.45) is 0.338. The molecule has 112 valence electrons. The van der Waals surface area contributed by atoms with Crippen molar-refractivity contribution < 1.29 is 14.3 Å². The summed E-state index contributed by atoms with van der Waals surface area (Å²) in [5.74, 6) is 1.57. The summed E-state index contributed by atoms with van der Waals surface area (Å²) >= 11 is 0. The lowest BCUT2D eigenvalue weighted by Crippen LogP contribution is -2.34. The number of ether oxygens (including phenoxy) is 2. The fourth-order valence-corrected chi connectivity index (χ4v) is 1.71. The second-order valence-corrected chi connectivity index (χ2v) is 5.08. The quantitative estimate of drug-likeness (QED) is 0.797. The number of amides is 1. The predicted molar refractivity (Wildman–Crippen MR) is 78.8 cm³/mol. The van der Waals surface area contributed by atoms with Gasteiger partial charge in [-0.2, -0.15) is 0 Å². The van der Waals surface area contributed by atoms with Gasteiger partial charge < -0.3 is 20.5 Å². The highest BCUT2D eigenvalue weighted by atomic mass is 16.5. The highest BCUT2D eigenvalue weighted by Gasteiger charge is 2.13. The number of hydrogen-bond acceptors (Lipinski definition) is 4. The van der Waals surface area contributed by atoms with Crippen LogP contribution in [0.15, 0.2) is 18.2 Å². The van der Waals surface area contributed by atoms with E-state index in [1.54, 1.807) is 14.2 Å². The molecule has 0 aromatic heterocycles. The minimum atomic E-state index is -0.111. The number of hydrogen-bond donors (Lipinski definition) is 2. The molecule has 1 unspecified atom stereocenters. The van der Waals surface area contributed by atoms with E-state index in [1.807, 2.05) is 32.0 Å². The number of nitrogens with one attached hydrogen (secondary N) is 1. The van der Waals surface area contributed by atoms with Crippen LogP contribution >= 0.6 is 0 Å². The number of benzene rings is 1. The Labute approximate surface area is 120 Å². The number of rotatable bonds is 7. The van der Waals surface area contributed by atoms with Crippen LogP contribution in [0.25, 0.3) is 0 Å². The fraction of sp³-hybridized carbons (Fsp3) is 0.533. The number of nitrogens with two attached hydrogens (primary N) is 1. The van der Waals surface area contributed by atoms with E-state index in [0.29, 0.717) is 30.4 Å². The molecule has 1 rings (SSSR count). The second kappa shape index (κ2) is 7.75. The van der Waals surface area contributed by atoms with E-state index >= 15 is 0 Å². The zero-order valence-electron chi connectivity index (χ0n) is 12.6. The van der Waals surface area contributed by atoms with E-state index in [1.165, 1.54) is 0 Å². The Morgan fingerprint density at radius 2 is 1.90 bits per heavy atom. The van der Waals surface area contributed by atoms with E-state index in [4.69, 9.17) is 15.2 Å². The summed E-state index contributed by atoms with van der Waals surface area (Å²) in [6, 6.07) is 5.45. The first-order valence-electron chi connectivity index (χ1n) is 6.71. The van der Waals surface area contributed by atoms with Gasteiger partial charge in [-0.1, -0.05) is 19.9 Å². The maximum absolute atomic E-state index is 11.8. The fourth-order valence-electron chi connectivity index (χ4n) is 1.71. The van der Waals surface area contributed by atoms with Crippen molar-refractivity contribution in [1.29, 1.82) is 0 Å². The largest absolute Gasteiger partial charge is 0.493 e. The van der Waals surface area contributed by atoms with Crippen molar-refractivity contribution in [2.75, 3.05) is 14.2 Å². The molecule has 0 fully saturated rings. The molecule has 1 aromatic carbocycles. The third-order valence-corrected chi connectivity index (χ3v) is 3.22. The van der Waals surface area contributed by atoms with Crippen LogP contribution in [0.1, 0.15) is 25.8 Å². The van der Waals surface area contributed by atoms with Gasteiger partial charge in [0.05, 0.1) is 14.2 Å². The van der Waals surface area contributed by atoms with E-state index in [9.17, 15) is 4.79 Å². The van der Waals surface area contributed by atoms with Gasteiger partial charge in [-0.25, -0.2) is 0 Å². The van der Waals surface area contributed by atoms with Gasteiger partial charge in [-0.3, -0.25) is 4.79 Å². The average Bonchev–Trinajstić information content (AvgIpc) is 2.44. The highest BCUT2D eigenvalue weighted by Crippen LogP contribution is 2.27. The van der Waals surface area contributed by atoms with Gasteiger partial charge >= 0.3 is 0 Å². The van der Waals surface area contributed by atoms with Gasteiger partial charge in [-0.15, -0.1) is 0 Å². The van der Waals surface area contributed by atoms with Crippen LogP contribution in [0.5, 0.6) is 11.5 Å². The molecule has 0 heterocycles. The van der Waals surface area contributed by atoms with Gasteiger partial charge in [0.25, 0.3) is 0 Å². The molecule has 0 saturated carbocycles. The van der Waals surface area contributed by atoms with Crippen molar-refractivity contribution in [3.63, 3.8) is 0 Å². The van der Waals surface area contributed by atoms with Crippen molar-refractivity contribution in [2.45, 2.75) is 32.9 Å². The normalized spacial score (nSPS) is 12.1. The number of carbonyl (C=O) groups is 1. The molecular formula is C15H24N2O3. The van der Waals surface area contributed by atoms with Crippen LogP contribution in [-0.2, 0) is 11.3 Å². The first-order valence-corrected chi connectivity index (χ1v) is 6.71. The van der Waals surface area contributed by atoms with E-state index in [-0.39, 0.29) is 11.9 Å². The molecule has 0 saturated heterocycles. The second-order valence-electron chi connectivity index (χ2n) is 5.08. The summed E-state index contributed by atoms with van der Waals surface area (Å²) < 4.78 is 10.4. The van der Waals surface area contributed by atoms with E-state index in [0.717, 1.165) is 5.56 Å². The lowest BCUT2D eigenvalue weighted by atomic mass is 10.0. The van der Waals surface area contributed by atoms with Gasteiger partial charge in [0, 0.05) is 19.0 Å². The zero-order valence-corrected chi connectivity index (χ0v) is 12.6. The first-order chi connectivity index (χ1) is 9.47. The van der Waals surface area contributed by atoms with Crippen LogP contribution in [0, 0.1) is 5.92 Å². The predicted octanol–water partition coefficient (Wildman–Crippen LogP) is 1.69. The standard InChI is InChI=1S/C15H24N2O3/c1-10(2)12(16)8-15(18)17-9-11-5-6-13(19-3)14(7-11)20-4/h5-7,10,12H,8-9,16H2,1-4H3,(H,17,18). The van der Waals surface area contributed by atoms with Crippen LogP contribution in [0.2, 0.25) is 0 Å². The highest BCUT2D eigenvalue weighted by molar-refractivity contribution is 5.76. The number of methoxy groups -OCH3 is 2. The van der Waals surface area contributed by atoms with Crippen LogP contribution < -0.4 is 20.5 Å². The molecule has 0 aliphatic carbocycles. The molecule has 0 bridgehead atoms. The number of carbonyl (C=O) groups excluding carboxylic acids is 1. The molecule has 5 nitrogen and oxygen atoms in total. The summed E-state index contributed by atoms with van der Waals surface area (Å²) in [5.41, 5.74) is 6.83. The van der Waals surface area contributed by atoms with Crippen LogP contribution in [0.3, 0.4) is 0 Å². The molecule has 0 spiro atoms. The maximum Gasteiger partial charge on any atom is 0.221 e. The maximum atomic E-state index is 11.8. The minimum absolute atomic E-state index is 0.0408. The minimum Gasteiger partial charge on any atom is -0.493 e. The summed E-state index contributed by atoms with van der Waals surface area (Å²) in [4.78, 5) is 11.8.